The molecule has 3 nitrogen and oxygen atoms in total. The van der Waals surface area contributed by atoms with Crippen LogP contribution in [0.4, 0.5) is 0 Å². The van der Waals surface area contributed by atoms with Gasteiger partial charge in [0.15, 0.2) is 0 Å². The van der Waals surface area contributed by atoms with Crippen molar-refractivity contribution in [1.29, 1.82) is 0 Å². The molecule has 13 heavy (non-hydrogen) atoms. The largest absolute Gasteiger partial charge is 0.461 e. The van der Waals surface area contributed by atoms with Gasteiger partial charge in [-0.2, -0.15) is 0 Å². The van der Waals surface area contributed by atoms with Gasteiger partial charge in [-0.05, 0) is 25.4 Å². The van der Waals surface area contributed by atoms with Gasteiger partial charge in [0, 0.05) is 6.42 Å². The standard InChI is InChI=1S/C9H13ClO3/c1-4-5-13-8(12)9(2,3)6-7(10)11/h4H,1,5-6H2,2-3H3. The number of carbonyl (C=O) groups is 2. The van der Waals surface area contributed by atoms with Gasteiger partial charge in [-0.1, -0.05) is 12.7 Å². The first kappa shape index (κ1) is 12.2. The summed E-state index contributed by atoms with van der Waals surface area (Å²) in [6.45, 7) is 6.78. The van der Waals surface area contributed by atoms with E-state index in [-0.39, 0.29) is 13.0 Å². The molecule has 0 N–H and O–H groups in total. The van der Waals surface area contributed by atoms with Crippen LogP contribution in [0, 0.1) is 5.41 Å². The van der Waals surface area contributed by atoms with E-state index >= 15 is 0 Å². The lowest BCUT2D eigenvalue weighted by Gasteiger charge is -2.19. The molecular weight excluding hydrogens is 192 g/mol. The van der Waals surface area contributed by atoms with Gasteiger partial charge in [0.1, 0.15) is 6.61 Å². The van der Waals surface area contributed by atoms with Gasteiger partial charge < -0.3 is 4.74 Å². The zero-order valence-corrected chi connectivity index (χ0v) is 8.56. The van der Waals surface area contributed by atoms with Gasteiger partial charge in [0.25, 0.3) is 0 Å². The molecule has 0 aromatic carbocycles. The van der Waals surface area contributed by atoms with Gasteiger partial charge in [-0.3, -0.25) is 9.59 Å². The number of halogens is 1. The van der Waals surface area contributed by atoms with Crippen LogP contribution in [0.3, 0.4) is 0 Å². The van der Waals surface area contributed by atoms with Crippen LogP contribution in [-0.4, -0.2) is 17.8 Å². The van der Waals surface area contributed by atoms with Crippen LogP contribution >= 0.6 is 11.6 Å². The fourth-order valence-corrected chi connectivity index (χ4v) is 1.08. The average molecular weight is 205 g/mol. The second-order valence-electron chi connectivity index (χ2n) is 3.30. The summed E-state index contributed by atoms with van der Waals surface area (Å²) in [5.41, 5.74) is -0.859. The number of hydrogen-bond donors (Lipinski definition) is 0. The third-order valence-electron chi connectivity index (χ3n) is 1.47. The maximum absolute atomic E-state index is 11.3. The van der Waals surface area contributed by atoms with Crippen LogP contribution in [0.5, 0.6) is 0 Å². The van der Waals surface area contributed by atoms with Crippen LogP contribution in [0.15, 0.2) is 12.7 Å². The van der Waals surface area contributed by atoms with Crippen molar-refractivity contribution in [1.82, 2.24) is 0 Å². The lowest BCUT2D eigenvalue weighted by Crippen LogP contribution is -2.28. The number of carbonyl (C=O) groups excluding carboxylic acids is 2. The Labute approximate surface area is 82.7 Å². The van der Waals surface area contributed by atoms with Crippen molar-refractivity contribution in [2.24, 2.45) is 5.41 Å². The summed E-state index contributed by atoms with van der Waals surface area (Å²) in [5.74, 6) is -0.443. The van der Waals surface area contributed by atoms with Gasteiger partial charge in [0.05, 0.1) is 5.41 Å². The predicted molar refractivity (Wildman–Crippen MR) is 50.4 cm³/mol. The third kappa shape index (κ3) is 4.68. The van der Waals surface area contributed by atoms with E-state index in [2.05, 4.69) is 6.58 Å². The summed E-state index contributed by atoms with van der Waals surface area (Å²) in [4.78, 5) is 21.9. The van der Waals surface area contributed by atoms with E-state index in [1.165, 1.54) is 6.08 Å². The maximum atomic E-state index is 11.3. The molecule has 0 aliphatic rings. The highest BCUT2D eigenvalue weighted by atomic mass is 35.5. The van der Waals surface area contributed by atoms with Crippen LogP contribution in [0.25, 0.3) is 0 Å². The molecule has 0 rings (SSSR count). The molecule has 0 radical (unpaired) electrons. The lowest BCUT2D eigenvalue weighted by atomic mass is 9.90. The minimum Gasteiger partial charge on any atom is -0.461 e. The van der Waals surface area contributed by atoms with Gasteiger partial charge in [0.2, 0.25) is 5.24 Å². The highest BCUT2D eigenvalue weighted by Crippen LogP contribution is 2.23. The van der Waals surface area contributed by atoms with Crippen LogP contribution in [0.2, 0.25) is 0 Å². The van der Waals surface area contributed by atoms with Crippen LogP contribution < -0.4 is 0 Å². The molecule has 0 saturated heterocycles. The Morgan fingerprint density at radius 1 is 1.54 bits per heavy atom. The minimum absolute atomic E-state index is 0.0233. The van der Waals surface area contributed by atoms with Crippen molar-refractivity contribution in [3.05, 3.63) is 12.7 Å². The molecule has 0 aliphatic heterocycles. The van der Waals surface area contributed by atoms with Crippen molar-refractivity contribution in [3.63, 3.8) is 0 Å². The fraction of sp³-hybridized carbons (Fsp3) is 0.556. The van der Waals surface area contributed by atoms with Crippen molar-refractivity contribution in [2.45, 2.75) is 20.3 Å². The molecular formula is C9H13ClO3. The molecule has 0 aromatic rings. The zero-order chi connectivity index (χ0) is 10.5. The number of hydrogen-bond acceptors (Lipinski definition) is 3. The summed E-state index contributed by atoms with van der Waals surface area (Å²) >= 11 is 5.17. The van der Waals surface area contributed by atoms with Crippen molar-refractivity contribution in [3.8, 4) is 0 Å². The molecule has 0 bridgehead atoms. The molecule has 74 valence electrons. The topological polar surface area (TPSA) is 43.4 Å². The number of ether oxygens (including phenoxy) is 1. The molecule has 0 unspecified atom stereocenters. The first-order chi connectivity index (χ1) is 5.90. The second-order valence-corrected chi connectivity index (χ2v) is 3.72. The lowest BCUT2D eigenvalue weighted by molar-refractivity contribution is -0.154. The highest BCUT2D eigenvalue weighted by molar-refractivity contribution is 6.63. The summed E-state index contributed by atoms with van der Waals surface area (Å²) in [7, 11) is 0. The molecule has 4 heteroatoms. The van der Waals surface area contributed by atoms with E-state index in [1.54, 1.807) is 13.8 Å². The molecule has 0 fully saturated rings. The molecule has 0 atom stereocenters. The molecule has 0 aromatic heterocycles. The Kier molecular flexibility index (Phi) is 4.70. The maximum Gasteiger partial charge on any atom is 0.312 e. The van der Waals surface area contributed by atoms with E-state index in [0.717, 1.165) is 0 Å². The average Bonchev–Trinajstić information content (AvgIpc) is 1.97. The second kappa shape index (κ2) is 5.02. The van der Waals surface area contributed by atoms with Crippen molar-refractivity contribution < 1.29 is 14.3 Å². The monoisotopic (exact) mass is 204 g/mol. The number of rotatable bonds is 5. The molecule has 0 amide bonds. The minimum atomic E-state index is -0.859. The van der Waals surface area contributed by atoms with Gasteiger partial charge >= 0.3 is 5.97 Å². The first-order valence-corrected chi connectivity index (χ1v) is 4.24. The van der Waals surface area contributed by atoms with E-state index in [0.29, 0.717) is 0 Å². The van der Waals surface area contributed by atoms with Crippen LogP contribution in [-0.2, 0) is 14.3 Å². The molecule has 0 spiro atoms. The van der Waals surface area contributed by atoms with E-state index < -0.39 is 16.6 Å². The summed E-state index contributed by atoms with van der Waals surface area (Å²) < 4.78 is 4.79. The zero-order valence-electron chi connectivity index (χ0n) is 7.80. The fourth-order valence-electron chi connectivity index (χ4n) is 0.750. The Morgan fingerprint density at radius 2 is 2.08 bits per heavy atom. The van der Waals surface area contributed by atoms with E-state index in [4.69, 9.17) is 16.3 Å². The Hall–Kier alpha value is -0.830. The van der Waals surface area contributed by atoms with Crippen LogP contribution in [0.1, 0.15) is 20.3 Å². The molecule has 0 heterocycles. The normalized spacial score (nSPS) is 10.7. The summed E-state index contributed by atoms with van der Waals surface area (Å²) in [6.07, 6.45) is 1.45. The first-order valence-electron chi connectivity index (χ1n) is 3.86. The summed E-state index contributed by atoms with van der Waals surface area (Å²) in [6, 6.07) is 0. The molecule has 0 aliphatic carbocycles. The third-order valence-corrected chi connectivity index (χ3v) is 1.60. The number of esters is 1. The summed E-state index contributed by atoms with van der Waals surface area (Å²) in [5, 5.41) is -0.541. The Balaban J connectivity index is 4.18. The smallest absolute Gasteiger partial charge is 0.312 e. The SMILES string of the molecule is C=CCOC(=O)C(C)(C)CC(=O)Cl. The van der Waals surface area contributed by atoms with Crippen molar-refractivity contribution >= 4 is 22.8 Å². The highest BCUT2D eigenvalue weighted by Gasteiger charge is 2.31. The van der Waals surface area contributed by atoms with Gasteiger partial charge in [-0.25, -0.2) is 0 Å². The van der Waals surface area contributed by atoms with E-state index in [9.17, 15) is 9.59 Å². The van der Waals surface area contributed by atoms with E-state index in [1.807, 2.05) is 0 Å². The Morgan fingerprint density at radius 3 is 2.46 bits per heavy atom. The van der Waals surface area contributed by atoms with Crippen molar-refractivity contribution in [2.75, 3.05) is 6.61 Å². The quantitative estimate of drug-likeness (QED) is 0.390. The Bertz CT molecular complexity index is 221. The van der Waals surface area contributed by atoms with Gasteiger partial charge in [-0.15, -0.1) is 0 Å². The predicted octanol–water partition coefficient (Wildman–Crippen LogP) is 1.90. The molecule has 0 saturated carbocycles.